The fraction of sp³-hybridized carbons (Fsp3) is 0. The van der Waals surface area contributed by atoms with Gasteiger partial charge < -0.3 is 0 Å². The summed E-state index contributed by atoms with van der Waals surface area (Å²) in [6.45, 7) is 0. The van der Waals surface area contributed by atoms with Crippen LogP contribution in [-0.2, 0) is 0 Å². The molecular weight excluding hydrogens is 214 g/mol. The van der Waals surface area contributed by atoms with Crippen LogP contribution in [0.15, 0.2) is 47.4 Å². The minimum atomic E-state index is -0.576. The van der Waals surface area contributed by atoms with Gasteiger partial charge in [0, 0.05) is 16.5 Å². The number of rotatable bonds is 1. The lowest BCUT2D eigenvalue weighted by molar-refractivity contribution is 0.585. The Hall–Kier alpha value is -1.35. The van der Waals surface area contributed by atoms with E-state index in [2.05, 4.69) is 12.6 Å². The summed E-state index contributed by atoms with van der Waals surface area (Å²) >= 11 is 4.22. The average molecular weight is 222 g/mol. The summed E-state index contributed by atoms with van der Waals surface area (Å²) in [5.74, 6) is -1.15. The molecular formula is C12H8F2S. The van der Waals surface area contributed by atoms with Gasteiger partial charge in [-0.1, -0.05) is 18.2 Å². The molecule has 0 aliphatic rings. The van der Waals surface area contributed by atoms with Crippen molar-refractivity contribution in [3.63, 3.8) is 0 Å². The molecule has 0 saturated heterocycles. The van der Waals surface area contributed by atoms with Gasteiger partial charge in [0.25, 0.3) is 0 Å². The summed E-state index contributed by atoms with van der Waals surface area (Å²) in [6, 6.07) is 10.6. The van der Waals surface area contributed by atoms with Crippen LogP contribution in [0.25, 0.3) is 11.1 Å². The summed E-state index contributed by atoms with van der Waals surface area (Å²) in [4.78, 5) is 0.669. The van der Waals surface area contributed by atoms with E-state index in [1.54, 1.807) is 18.2 Å². The van der Waals surface area contributed by atoms with E-state index in [0.717, 1.165) is 6.07 Å². The van der Waals surface area contributed by atoms with Crippen LogP contribution in [0.1, 0.15) is 0 Å². The summed E-state index contributed by atoms with van der Waals surface area (Å²) < 4.78 is 26.1. The summed E-state index contributed by atoms with van der Waals surface area (Å²) in [5.41, 5.74) is 1.03. The van der Waals surface area contributed by atoms with Gasteiger partial charge in [-0.15, -0.1) is 12.6 Å². The molecule has 0 bridgehead atoms. The first-order valence-electron chi connectivity index (χ1n) is 4.42. The Morgan fingerprint density at radius 3 is 2.27 bits per heavy atom. The topological polar surface area (TPSA) is 0 Å². The number of benzene rings is 2. The number of halogens is 2. The lowest BCUT2D eigenvalue weighted by atomic mass is 10.1. The van der Waals surface area contributed by atoms with Crippen LogP contribution >= 0.6 is 12.6 Å². The molecule has 0 heterocycles. The highest BCUT2D eigenvalue weighted by molar-refractivity contribution is 7.80. The van der Waals surface area contributed by atoms with Crippen LogP contribution in [0.5, 0.6) is 0 Å². The zero-order valence-electron chi connectivity index (χ0n) is 7.74. The van der Waals surface area contributed by atoms with Gasteiger partial charge in [0.05, 0.1) is 0 Å². The maximum Gasteiger partial charge on any atom is 0.133 e. The molecule has 0 nitrogen and oxygen atoms in total. The van der Waals surface area contributed by atoms with Crippen molar-refractivity contribution in [1.29, 1.82) is 0 Å². The van der Waals surface area contributed by atoms with E-state index >= 15 is 0 Å². The second-order valence-corrected chi connectivity index (χ2v) is 3.62. The van der Waals surface area contributed by atoms with Gasteiger partial charge in [0.15, 0.2) is 0 Å². The molecule has 0 aromatic heterocycles. The predicted octanol–water partition coefficient (Wildman–Crippen LogP) is 3.92. The Bertz CT molecular complexity index is 495. The SMILES string of the molecule is Fc1ccc(-c2ccccc2S)c(F)c1. The fourth-order valence-electron chi connectivity index (χ4n) is 1.41. The maximum atomic E-state index is 13.4. The zero-order chi connectivity index (χ0) is 10.8. The van der Waals surface area contributed by atoms with E-state index in [0.29, 0.717) is 16.0 Å². The molecule has 15 heavy (non-hydrogen) atoms. The van der Waals surface area contributed by atoms with Crippen molar-refractivity contribution >= 4 is 12.6 Å². The Labute approximate surface area is 92.0 Å². The Kier molecular flexibility index (Phi) is 2.73. The third-order valence-corrected chi connectivity index (χ3v) is 2.52. The van der Waals surface area contributed by atoms with Crippen LogP contribution in [0.4, 0.5) is 8.78 Å². The summed E-state index contributed by atoms with van der Waals surface area (Å²) in [6.07, 6.45) is 0. The summed E-state index contributed by atoms with van der Waals surface area (Å²) in [5, 5.41) is 0. The molecule has 0 unspecified atom stereocenters. The Balaban J connectivity index is 2.60. The maximum absolute atomic E-state index is 13.4. The number of hydrogen-bond acceptors (Lipinski definition) is 1. The quantitative estimate of drug-likeness (QED) is 0.694. The highest BCUT2D eigenvalue weighted by atomic mass is 32.1. The minimum absolute atomic E-state index is 0.363. The van der Waals surface area contributed by atoms with Crippen molar-refractivity contribution in [2.75, 3.05) is 0 Å². The Morgan fingerprint density at radius 2 is 1.60 bits per heavy atom. The molecule has 0 saturated carbocycles. The van der Waals surface area contributed by atoms with Gasteiger partial charge in [-0.2, -0.15) is 0 Å². The van der Waals surface area contributed by atoms with E-state index in [4.69, 9.17) is 0 Å². The molecule has 2 aromatic rings. The normalized spacial score (nSPS) is 10.3. The lowest BCUT2D eigenvalue weighted by Crippen LogP contribution is -1.87. The smallest absolute Gasteiger partial charge is 0.133 e. The second-order valence-electron chi connectivity index (χ2n) is 3.14. The molecule has 0 N–H and O–H groups in total. The lowest BCUT2D eigenvalue weighted by Gasteiger charge is -2.05. The highest BCUT2D eigenvalue weighted by Gasteiger charge is 2.08. The Morgan fingerprint density at radius 1 is 0.867 bits per heavy atom. The van der Waals surface area contributed by atoms with Crippen LogP contribution < -0.4 is 0 Å². The van der Waals surface area contributed by atoms with Gasteiger partial charge in [0.1, 0.15) is 11.6 Å². The first kappa shape index (κ1) is 10.2. The molecule has 0 aliphatic heterocycles. The van der Waals surface area contributed by atoms with E-state index in [-0.39, 0.29) is 0 Å². The molecule has 0 atom stereocenters. The molecule has 0 amide bonds. The molecule has 3 heteroatoms. The van der Waals surface area contributed by atoms with Gasteiger partial charge >= 0.3 is 0 Å². The fourth-order valence-corrected chi connectivity index (χ4v) is 1.69. The number of thiol groups is 1. The zero-order valence-corrected chi connectivity index (χ0v) is 8.64. The minimum Gasteiger partial charge on any atom is -0.207 e. The monoisotopic (exact) mass is 222 g/mol. The van der Waals surface area contributed by atoms with Crippen LogP contribution in [0.3, 0.4) is 0 Å². The standard InChI is InChI=1S/C12H8F2S/c13-8-5-6-9(11(14)7-8)10-3-1-2-4-12(10)15/h1-7,15H. The van der Waals surface area contributed by atoms with Gasteiger partial charge in [-0.25, -0.2) is 8.78 Å². The summed E-state index contributed by atoms with van der Waals surface area (Å²) in [7, 11) is 0. The van der Waals surface area contributed by atoms with E-state index in [1.807, 2.05) is 6.07 Å². The van der Waals surface area contributed by atoms with Crippen molar-refractivity contribution in [1.82, 2.24) is 0 Å². The highest BCUT2D eigenvalue weighted by Crippen LogP contribution is 2.28. The molecule has 0 aliphatic carbocycles. The third-order valence-electron chi connectivity index (χ3n) is 2.13. The predicted molar refractivity (Wildman–Crippen MR) is 59.0 cm³/mol. The van der Waals surface area contributed by atoms with E-state index < -0.39 is 11.6 Å². The van der Waals surface area contributed by atoms with Gasteiger partial charge in [-0.3, -0.25) is 0 Å². The third kappa shape index (κ3) is 2.02. The van der Waals surface area contributed by atoms with Crippen molar-refractivity contribution in [2.45, 2.75) is 4.90 Å². The first-order valence-corrected chi connectivity index (χ1v) is 4.86. The first-order chi connectivity index (χ1) is 7.18. The van der Waals surface area contributed by atoms with Crippen molar-refractivity contribution in [3.05, 3.63) is 54.1 Å². The molecule has 2 rings (SSSR count). The second kappa shape index (κ2) is 4.03. The number of hydrogen-bond donors (Lipinski definition) is 1. The molecule has 0 spiro atoms. The average Bonchev–Trinajstić information content (AvgIpc) is 2.20. The molecule has 76 valence electrons. The largest absolute Gasteiger partial charge is 0.207 e. The molecule has 2 aromatic carbocycles. The van der Waals surface area contributed by atoms with Crippen LogP contribution in [-0.4, -0.2) is 0 Å². The molecule has 0 fully saturated rings. The molecule has 0 radical (unpaired) electrons. The van der Waals surface area contributed by atoms with Crippen LogP contribution in [0, 0.1) is 11.6 Å². The van der Waals surface area contributed by atoms with Crippen molar-refractivity contribution in [2.24, 2.45) is 0 Å². The van der Waals surface area contributed by atoms with E-state index in [1.165, 1.54) is 12.1 Å². The van der Waals surface area contributed by atoms with Crippen LogP contribution in [0.2, 0.25) is 0 Å². The van der Waals surface area contributed by atoms with E-state index in [9.17, 15) is 8.78 Å². The van der Waals surface area contributed by atoms with Crippen molar-refractivity contribution in [3.8, 4) is 11.1 Å². The van der Waals surface area contributed by atoms with Gasteiger partial charge in [0.2, 0.25) is 0 Å². The van der Waals surface area contributed by atoms with Gasteiger partial charge in [-0.05, 0) is 23.8 Å². The van der Waals surface area contributed by atoms with Crippen molar-refractivity contribution < 1.29 is 8.78 Å².